The molecule has 0 aliphatic heterocycles. The standard InChI is InChI=1S/C31H62NO8P/c1-3-5-6-7-8-9-10-11-12-13-14-15-16-17-18-19-20-21-22-24-30(34)32-25-26-39-41(36,37)40-28-29(33)27-38-31(35)23-4-2/h29,33H,3-28H2,1-2H3,(H,32,34)(H,36,37). The maximum atomic E-state index is 11.9. The number of hydrogen-bond acceptors (Lipinski definition) is 7. The van der Waals surface area contributed by atoms with Gasteiger partial charge in [-0.3, -0.25) is 18.6 Å². The Balaban J connectivity index is 3.45. The van der Waals surface area contributed by atoms with Crippen molar-refractivity contribution < 1.29 is 37.9 Å². The van der Waals surface area contributed by atoms with Crippen LogP contribution in [0.3, 0.4) is 0 Å². The third-order valence-electron chi connectivity index (χ3n) is 7.01. The van der Waals surface area contributed by atoms with Gasteiger partial charge >= 0.3 is 13.8 Å². The van der Waals surface area contributed by atoms with Crippen LogP contribution in [-0.2, 0) is 27.9 Å². The number of aliphatic hydroxyl groups is 1. The molecular weight excluding hydrogens is 545 g/mol. The number of rotatable bonds is 31. The summed E-state index contributed by atoms with van der Waals surface area (Å²) in [5.74, 6) is -0.565. The van der Waals surface area contributed by atoms with Gasteiger partial charge in [0.25, 0.3) is 0 Å². The zero-order chi connectivity index (χ0) is 30.4. The van der Waals surface area contributed by atoms with E-state index in [9.17, 15) is 24.2 Å². The summed E-state index contributed by atoms with van der Waals surface area (Å²) in [4.78, 5) is 32.8. The Bertz CT molecular complexity index is 664. The lowest BCUT2D eigenvalue weighted by Crippen LogP contribution is -2.27. The summed E-state index contributed by atoms with van der Waals surface area (Å²) >= 11 is 0. The monoisotopic (exact) mass is 607 g/mol. The Morgan fingerprint density at radius 1 is 0.659 bits per heavy atom. The predicted octanol–water partition coefficient (Wildman–Crippen LogP) is 7.76. The van der Waals surface area contributed by atoms with E-state index in [1.807, 2.05) is 6.92 Å². The number of aliphatic hydroxyl groups excluding tert-OH is 1. The molecule has 3 N–H and O–H groups in total. The molecule has 0 aliphatic rings. The lowest BCUT2D eigenvalue weighted by molar-refractivity contribution is -0.147. The highest BCUT2D eigenvalue weighted by Crippen LogP contribution is 2.42. The van der Waals surface area contributed by atoms with Crippen molar-refractivity contribution in [3.05, 3.63) is 0 Å². The van der Waals surface area contributed by atoms with Gasteiger partial charge in [0.2, 0.25) is 5.91 Å². The molecule has 0 aromatic rings. The maximum Gasteiger partial charge on any atom is 0.472 e. The van der Waals surface area contributed by atoms with Crippen LogP contribution in [0.2, 0.25) is 0 Å². The summed E-state index contributed by atoms with van der Waals surface area (Å²) in [6, 6.07) is 0. The second kappa shape index (κ2) is 29.1. The highest BCUT2D eigenvalue weighted by atomic mass is 31.2. The minimum absolute atomic E-state index is 0.0864. The Labute approximate surface area is 250 Å². The summed E-state index contributed by atoms with van der Waals surface area (Å²) in [5.41, 5.74) is 0. The molecule has 41 heavy (non-hydrogen) atoms. The zero-order valence-electron chi connectivity index (χ0n) is 26.3. The molecule has 0 spiro atoms. The minimum Gasteiger partial charge on any atom is -0.463 e. The van der Waals surface area contributed by atoms with Gasteiger partial charge in [-0.1, -0.05) is 129 Å². The van der Waals surface area contributed by atoms with E-state index < -0.39 is 26.5 Å². The lowest BCUT2D eigenvalue weighted by Gasteiger charge is -2.15. The molecule has 9 nitrogen and oxygen atoms in total. The fourth-order valence-corrected chi connectivity index (χ4v) is 5.29. The van der Waals surface area contributed by atoms with Gasteiger partial charge in [0.05, 0.1) is 13.2 Å². The van der Waals surface area contributed by atoms with Crippen LogP contribution in [0.4, 0.5) is 0 Å². The summed E-state index contributed by atoms with van der Waals surface area (Å²) < 4.78 is 26.1. The number of hydrogen-bond donors (Lipinski definition) is 3. The molecule has 0 radical (unpaired) electrons. The first-order valence-electron chi connectivity index (χ1n) is 16.5. The molecule has 0 saturated carbocycles. The number of phosphoric acid groups is 1. The van der Waals surface area contributed by atoms with E-state index in [1.54, 1.807) is 0 Å². The molecule has 0 fully saturated rings. The Morgan fingerprint density at radius 3 is 1.59 bits per heavy atom. The third kappa shape index (κ3) is 30.3. The van der Waals surface area contributed by atoms with Crippen molar-refractivity contribution >= 4 is 19.7 Å². The normalized spacial score (nSPS) is 13.6. The van der Waals surface area contributed by atoms with E-state index in [0.29, 0.717) is 12.8 Å². The molecule has 0 aliphatic carbocycles. The summed E-state index contributed by atoms with van der Waals surface area (Å²) in [7, 11) is -4.38. The van der Waals surface area contributed by atoms with Crippen LogP contribution in [0.1, 0.15) is 155 Å². The van der Waals surface area contributed by atoms with Crippen molar-refractivity contribution in [3.8, 4) is 0 Å². The molecule has 10 heteroatoms. The first-order chi connectivity index (χ1) is 19.8. The molecule has 2 atom stereocenters. The number of nitrogens with one attached hydrogen (secondary N) is 1. The Morgan fingerprint density at radius 2 is 1.12 bits per heavy atom. The van der Waals surface area contributed by atoms with Crippen LogP contribution >= 0.6 is 7.82 Å². The third-order valence-corrected chi connectivity index (χ3v) is 7.99. The van der Waals surface area contributed by atoms with Crippen LogP contribution in [0.15, 0.2) is 0 Å². The van der Waals surface area contributed by atoms with Gasteiger partial charge in [0.1, 0.15) is 12.7 Å². The van der Waals surface area contributed by atoms with Gasteiger partial charge < -0.3 is 20.1 Å². The number of ether oxygens (including phenoxy) is 1. The summed E-state index contributed by atoms with van der Waals surface area (Å²) in [6.07, 6.45) is 24.9. The van der Waals surface area contributed by atoms with Crippen molar-refractivity contribution in [1.29, 1.82) is 0 Å². The molecule has 0 bridgehead atoms. The molecule has 0 heterocycles. The average molecular weight is 608 g/mol. The van der Waals surface area contributed by atoms with Crippen molar-refractivity contribution in [1.82, 2.24) is 5.32 Å². The molecule has 2 unspecified atom stereocenters. The van der Waals surface area contributed by atoms with Crippen LogP contribution in [0.25, 0.3) is 0 Å². The first kappa shape index (κ1) is 40.0. The van der Waals surface area contributed by atoms with Crippen molar-refractivity contribution in [2.24, 2.45) is 0 Å². The molecular formula is C31H62NO8P. The van der Waals surface area contributed by atoms with Crippen LogP contribution in [-0.4, -0.2) is 54.3 Å². The molecule has 0 aromatic heterocycles. The van der Waals surface area contributed by atoms with Gasteiger partial charge in [-0.15, -0.1) is 0 Å². The largest absolute Gasteiger partial charge is 0.472 e. The van der Waals surface area contributed by atoms with Crippen molar-refractivity contribution in [3.63, 3.8) is 0 Å². The quantitative estimate of drug-likeness (QED) is 0.0414. The SMILES string of the molecule is CCCCCCCCCCCCCCCCCCCCCC(=O)NCCOP(=O)(O)OCC(O)COC(=O)CCC. The molecule has 0 aromatic carbocycles. The van der Waals surface area contributed by atoms with E-state index in [1.165, 1.54) is 103 Å². The highest BCUT2D eigenvalue weighted by Gasteiger charge is 2.23. The van der Waals surface area contributed by atoms with E-state index in [-0.39, 0.29) is 32.1 Å². The lowest BCUT2D eigenvalue weighted by atomic mass is 10.0. The van der Waals surface area contributed by atoms with Crippen molar-refractivity contribution in [2.45, 2.75) is 161 Å². The second-order valence-electron chi connectivity index (χ2n) is 11.1. The van der Waals surface area contributed by atoms with Gasteiger partial charge in [-0.25, -0.2) is 4.57 Å². The van der Waals surface area contributed by atoms with Crippen LogP contribution in [0.5, 0.6) is 0 Å². The summed E-state index contributed by atoms with van der Waals surface area (Å²) in [6.45, 7) is 3.15. The number of esters is 1. The molecule has 0 rings (SSSR count). The van der Waals surface area contributed by atoms with Gasteiger partial charge in [-0.2, -0.15) is 0 Å². The Hall–Kier alpha value is -0.990. The topological polar surface area (TPSA) is 131 Å². The fourth-order valence-electron chi connectivity index (χ4n) is 4.53. The maximum absolute atomic E-state index is 11.9. The number of phosphoric ester groups is 1. The second-order valence-corrected chi connectivity index (χ2v) is 12.6. The predicted molar refractivity (Wildman–Crippen MR) is 165 cm³/mol. The van der Waals surface area contributed by atoms with E-state index in [0.717, 1.165) is 19.3 Å². The average Bonchev–Trinajstić information content (AvgIpc) is 2.94. The van der Waals surface area contributed by atoms with Gasteiger partial charge in [0, 0.05) is 19.4 Å². The summed E-state index contributed by atoms with van der Waals surface area (Å²) in [5, 5.41) is 12.3. The Kier molecular flexibility index (Phi) is 28.4. The molecule has 0 saturated heterocycles. The number of amides is 1. The van der Waals surface area contributed by atoms with Gasteiger partial charge in [0.15, 0.2) is 0 Å². The van der Waals surface area contributed by atoms with Gasteiger partial charge in [-0.05, 0) is 12.8 Å². The van der Waals surface area contributed by atoms with E-state index in [2.05, 4.69) is 12.2 Å². The number of carbonyl (C=O) groups excluding carboxylic acids is 2. The van der Waals surface area contributed by atoms with E-state index >= 15 is 0 Å². The number of carbonyl (C=O) groups is 2. The fraction of sp³-hybridized carbons (Fsp3) is 0.935. The highest BCUT2D eigenvalue weighted by molar-refractivity contribution is 7.47. The van der Waals surface area contributed by atoms with Crippen LogP contribution < -0.4 is 5.32 Å². The molecule has 244 valence electrons. The van der Waals surface area contributed by atoms with Crippen molar-refractivity contribution in [2.75, 3.05) is 26.4 Å². The zero-order valence-corrected chi connectivity index (χ0v) is 27.1. The molecule has 1 amide bonds. The smallest absolute Gasteiger partial charge is 0.463 e. The van der Waals surface area contributed by atoms with Crippen LogP contribution in [0, 0.1) is 0 Å². The number of unbranched alkanes of at least 4 members (excludes halogenated alkanes) is 18. The minimum atomic E-state index is -4.38. The van der Waals surface area contributed by atoms with E-state index in [4.69, 9.17) is 13.8 Å². The first-order valence-corrected chi connectivity index (χ1v) is 18.0.